The number of amides is 1. The van der Waals surface area contributed by atoms with E-state index in [0.717, 1.165) is 25.8 Å². The van der Waals surface area contributed by atoms with E-state index in [4.69, 9.17) is 5.73 Å². The van der Waals surface area contributed by atoms with Gasteiger partial charge in [0.25, 0.3) is 0 Å². The fourth-order valence-corrected chi connectivity index (χ4v) is 2.81. The van der Waals surface area contributed by atoms with Crippen molar-refractivity contribution in [3.63, 3.8) is 0 Å². The quantitative estimate of drug-likeness (QED) is 0.778. The first-order valence-electron chi connectivity index (χ1n) is 6.58. The molecule has 3 heteroatoms. The van der Waals surface area contributed by atoms with E-state index in [1.54, 1.807) is 0 Å². The van der Waals surface area contributed by atoms with Gasteiger partial charge in [0.2, 0.25) is 5.91 Å². The first-order chi connectivity index (χ1) is 7.51. The molecule has 2 aliphatic rings. The highest BCUT2D eigenvalue weighted by atomic mass is 16.2. The second-order valence-electron chi connectivity index (χ2n) is 5.95. The molecule has 2 fully saturated rings. The van der Waals surface area contributed by atoms with Gasteiger partial charge in [-0.2, -0.15) is 0 Å². The lowest BCUT2D eigenvalue weighted by molar-refractivity contribution is -0.141. The highest BCUT2D eigenvalue weighted by Gasteiger charge is 2.39. The molecular formula is C13H24N2O. The number of hydrogen-bond acceptors (Lipinski definition) is 2. The zero-order valence-electron chi connectivity index (χ0n) is 10.5. The van der Waals surface area contributed by atoms with Crippen LogP contribution < -0.4 is 5.73 Å². The average molecular weight is 224 g/mol. The molecule has 1 amide bonds. The highest BCUT2D eigenvalue weighted by Crippen LogP contribution is 2.33. The van der Waals surface area contributed by atoms with E-state index in [1.165, 1.54) is 19.3 Å². The molecule has 1 aliphatic heterocycles. The summed E-state index contributed by atoms with van der Waals surface area (Å²) in [7, 11) is 0. The number of nitrogens with two attached hydrogens (primary N) is 1. The van der Waals surface area contributed by atoms with E-state index in [-0.39, 0.29) is 11.6 Å². The summed E-state index contributed by atoms with van der Waals surface area (Å²) in [5.74, 6) is 0.978. The summed E-state index contributed by atoms with van der Waals surface area (Å²) in [6.45, 7) is 5.11. The van der Waals surface area contributed by atoms with E-state index in [1.807, 2.05) is 4.90 Å². The summed E-state index contributed by atoms with van der Waals surface area (Å²) in [4.78, 5) is 14.3. The molecule has 2 rings (SSSR count). The van der Waals surface area contributed by atoms with Crippen molar-refractivity contribution in [3.8, 4) is 0 Å². The number of hydrogen-bond donors (Lipinski definition) is 1. The van der Waals surface area contributed by atoms with Crippen molar-refractivity contribution in [2.24, 2.45) is 11.7 Å². The largest absolute Gasteiger partial charge is 0.336 e. The van der Waals surface area contributed by atoms with Gasteiger partial charge in [-0.05, 0) is 45.4 Å². The molecule has 1 heterocycles. The third-order valence-corrected chi connectivity index (χ3v) is 4.49. The Morgan fingerprint density at radius 2 is 2.00 bits per heavy atom. The molecule has 0 aromatic rings. The van der Waals surface area contributed by atoms with Gasteiger partial charge in [-0.25, -0.2) is 0 Å². The standard InChI is InChI=1S/C13H24N2O/c1-13(2)11(14)7-4-8-15(13)12(16)9-10-5-3-6-10/h10-11H,3-9,14H2,1-2H3. The van der Waals surface area contributed by atoms with Crippen LogP contribution in [0.1, 0.15) is 52.4 Å². The molecule has 3 nitrogen and oxygen atoms in total. The molecule has 16 heavy (non-hydrogen) atoms. The minimum absolute atomic E-state index is 0.131. The van der Waals surface area contributed by atoms with Crippen LogP contribution in [0.2, 0.25) is 0 Å². The van der Waals surface area contributed by atoms with Gasteiger partial charge in [0.15, 0.2) is 0 Å². The summed E-state index contributed by atoms with van der Waals surface area (Å²) < 4.78 is 0. The molecule has 0 radical (unpaired) electrons. The van der Waals surface area contributed by atoms with Gasteiger partial charge in [0, 0.05) is 19.0 Å². The maximum Gasteiger partial charge on any atom is 0.223 e. The molecule has 92 valence electrons. The van der Waals surface area contributed by atoms with Crippen molar-refractivity contribution >= 4 is 5.91 Å². The fourth-order valence-electron chi connectivity index (χ4n) is 2.81. The second kappa shape index (κ2) is 4.36. The van der Waals surface area contributed by atoms with Crippen LogP contribution in [0.4, 0.5) is 0 Å². The van der Waals surface area contributed by atoms with Crippen molar-refractivity contribution in [3.05, 3.63) is 0 Å². The molecule has 0 aromatic carbocycles. The summed E-state index contributed by atoms with van der Waals surface area (Å²) in [5, 5.41) is 0. The second-order valence-corrected chi connectivity index (χ2v) is 5.95. The van der Waals surface area contributed by atoms with Gasteiger partial charge in [-0.15, -0.1) is 0 Å². The van der Waals surface area contributed by atoms with Gasteiger partial charge in [-0.3, -0.25) is 4.79 Å². The van der Waals surface area contributed by atoms with Crippen LogP contribution in [-0.2, 0) is 4.79 Å². The lowest BCUT2D eigenvalue weighted by Gasteiger charge is -2.47. The summed E-state index contributed by atoms with van der Waals surface area (Å²) >= 11 is 0. The van der Waals surface area contributed by atoms with Crippen LogP contribution in [-0.4, -0.2) is 28.9 Å². The first kappa shape index (κ1) is 11.9. The van der Waals surface area contributed by atoms with Crippen molar-refractivity contribution in [2.45, 2.75) is 64.0 Å². The maximum atomic E-state index is 12.2. The molecule has 0 aromatic heterocycles. The van der Waals surface area contributed by atoms with E-state index >= 15 is 0 Å². The van der Waals surface area contributed by atoms with E-state index in [9.17, 15) is 4.79 Å². The molecular weight excluding hydrogens is 200 g/mol. The Labute approximate surface area is 98.4 Å². The fraction of sp³-hybridized carbons (Fsp3) is 0.923. The smallest absolute Gasteiger partial charge is 0.223 e. The lowest BCUT2D eigenvalue weighted by Crippen LogP contribution is -2.61. The van der Waals surface area contributed by atoms with Crippen LogP contribution in [0.15, 0.2) is 0 Å². The third-order valence-electron chi connectivity index (χ3n) is 4.49. The normalized spacial score (nSPS) is 29.9. The van der Waals surface area contributed by atoms with Crippen molar-refractivity contribution in [2.75, 3.05) is 6.54 Å². The van der Waals surface area contributed by atoms with E-state index < -0.39 is 0 Å². The number of rotatable bonds is 2. The molecule has 1 saturated heterocycles. The zero-order valence-corrected chi connectivity index (χ0v) is 10.5. The topological polar surface area (TPSA) is 46.3 Å². The van der Waals surface area contributed by atoms with Crippen LogP contribution in [0.25, 0.3) is 0 Å². The molecule has 0 spiro atoms. The van der Waals surface area contributed by atoms with E-state index in [2.05, 4.69) is 13.8 Å². The molecule has 0 bridgehead atoms. The summed E-state index contributed by atoms with van der Waals surface area (Å²) in [5.41, 5.74) is 5.97. The predicted molar refractivity (Wildman–Crippen MR) is 65.0 cm³/mol. The number of nitrogens with zero attached hydrogens (tertiary/aromatic N) is 1. The molecule has 1 aliphatic carbocycles. The van der Waals surface area contributed by atoms with Crippen molar-refractivity contribution in [1.29, 1.82) is 0 Å². The Morgan fingerprint density at radius 3 is 2.56 bits per heavy atom. The minimum atomic E-state index is -0.154. The zero-order chi connectivity index (χ0) is 11.8. The van der Waals surface area contributed by atoms with Gasteiger partial charge in [0.05, 0.1) is 5.54 Å². The molecule has 2 N–H and O–H groups in total. The Bertz CT molecular complexity index is 271. The minimum Gasteiger partial charge on any atom is -0.336 e. The van der Waals surface area contributed by atoms with Crippen molar-refractivity contribution in [1.82, 2.24) is 4.90 Å². The van der Waals surface area contributed by atoms with Crippen molar-refractivity contribution < 1.29 is 4.79 Å². The Kier molecular flexibility index (Phi) is 3.24. The van der Waals surface area contributed by atoms with Crippen LogP contribution in [0.5, 0.6) is 0 Å². The maximum absolute atomic E-state index is 12.2. The van der Waals surface area contributed by atoms with Crippen LogP contribution in [0, 0.1) is 5.92 Å². The monoisotopic (exact) mass is 224 g/mol. The Hall–Kier alpha value is -0.570. The number of carbonyl (C=O) groups is 1. The van der Waals surface area contributed by atoms with Gasteiger partial charge < -0.3 is 10.6 Å². The summed E-state index contributed by atoms with van der Waals surface area (Å²) in [6, 6.07) is 0.131. The molecule has 1 unspecified atom stereocenters. The summed E-state index contributed by atoms with van der Waals surface area (Å²) in [6.07, 6.45) is 6.64. The first-order valence-corrected chi connectivity index (χ1v) is 6.58. The Morgan fingerprint density at radius 1 is 1.31 bits per heavy atom. The van der Waals surface area contributed by atoms with E-state index in [0.29, 0.717) is 11.8 Å². The highest BCUT2D eigenvalue weighted by molar-refractivity contribution is 5.77. The average Bonchev–Trinajstić information content (AvgIpc) is 2.15. The van der Waals surface area contributed by atoms with Gasteiger partial charge in [-0.1, -0.05) is 6.42 Å². The number of carbonyl (C=O) groups excluding carboxylic acids is 1. The predicted octanol–water partition coefficient (Wildman–Crippen LogP) is 1.90. The van der Waals surface area contributed by atoms with Gasteiger partial charge in [0.1, 0.15) is 0 Å². The molecule has 1 saturated carbocycles. The lowest BCUT2D eigenvalue weighted by atomic mass is 9.80. The number of likely N-dealkylation sites (tertiary alicyclic amines) is 1. The third kappa shape index (κ3) is 2.10. The Balaban J connectivity index is 1.97. The molecule has 1 atom stereocenters. The van der Waals surface area contributed by atoms with Crippen LogP contribution >= 0.6 is 0 Å². The van der Waals surface area contributed by atoms with Crippen LogP contribution in [0.3, 0.4) is 0 Å². The SMILES string of the molecule is CC1(C)C(N)CCCN1C(=O)CC1CCC1. The number of piperidine rings is 1. The van der Waals surface area contributed by atoms with Gasteiger partial charge >= 0.3 is 0 Å².